The number of carbonyl (C=O) groups excluding carboxylic acids is 2. The van der Waals surface area contributed by atoms with Crippen molar-refractivity contribution < 1.29 is 14.3 Å². The zero-order chi connectivity index (χ0) is 23.3. The maximum Gasteiger partial charge on any atom is 0.344 e. The Kier molecular flexibility index (Phi) is 7.25. The van der Waals surface area contributed by atoms with E-state index >= 15 is 0 Å². The summed E-state index contributed by atoms with van der Waals surface area (Å²) in [7, 11) is 0. The molecule has 0 fully saturated rings. The SMILES string of the molecule is CCN(CC)c1ccc(NC(=O)COC(=O)c2cn(CC)c3nc(C)ccc3c2=O)cc1. The smallest absolute Gasteiger partial charge is 0.344 e. The highest BCUT2D eigenvalue weighted by atomic mass is 16.5. The van der Waals surface area contributed by atoms with Gasteiger partial charge in [-0.1, -0.05) is 0 Å². The molecule has 0 saturated heterocycles. The zero-order valence-electron chi connectivity index (χ0n) is 18.8. The molecule has 0 aliphatic rings. The Morgan fingerprint density at radius 2 is 1.75 bits per heavy atom. The lowest BCUT2D eigenvalue weighted by atomic mass is 10.2. The molecule has 8 heteroatoms. The van der Waals surface area contributed by atoms with Gasteiger partial charge >= 0.3 is 5.97 Å². The van der Waals surface area contributed by atoms with Gasteiger partial charge in [0.2, 0.25) is 5.43 Å². The summed E-state index contributed by atoms with van der Waals surface area (Å²) in [6.45, 7) is 9.70. The Morgan fingerprint density at radius 1 is 1.06 bits per heavy atom. The number of hydrogen-bond donors (Lipinski definition) is 1. The van der Waals surface area contributed by atoms with Gasteiger partial charge in [0.15, 0.2) is 6.61 Å². The number of aryl methyl sites for hydroxylation is 2. The molecule has 2 aromatic heterocycles. The molecule has 8 nitrogen and oxygen atoms in total. The van der Waals surface area contributed by atoms with Crippen molar-refractivity contribution in [2.45, 2.75) is 34.2 Å². The summed E-state index contributed by atoms with van der Waals surface area (Å²) in [6.07, 6.45) is 1.43. The third kappa shape index (κ3) is 4.96. The lowest BCUT2D eigenvalue weighted by molar-refractivity contribution is -0.119. The minimum absolute atomic E-state index is 0.124. The summed E-state index contributed by atoms with van der Waals surface area (Å²) in [6, 6.07) is 10.8. The number of amides is 1. The highest BCUT2D eigenvalue weighted by molar-refractivity contribution is 5.97. The van der Waals surface area contributed by atoms with Crippen LogP contribution in [0.2, 0.25) is 0 Å². The molecule has 3 rings (SSSR count). The predicted octanol–water partition coefficient (Wildman–Crippen LogP) is 3.37. The Balaban J connectivity index is 1.68. The van der Waals surface area contributed by atoms with Crippen molar-refractivity contribution in [3.8, 4) is 0 Å². The second kappa shape index (κ2) is 10.1. The van der Waals surface area contributed by atoms with Gasteiger partial charge in [-0.3, -0.25) is 9.59 Å². The van der Waals surface area contributed by atoms with Crippen LogP contribution in [0.4, 0.5) is 11.4 Å². The fourth-order valence-corrected chi connectivity index (χ4v) is 3.50. The molecular formula is C24H28N4O4. The third-order valence-corrected chi connectivity index (χ3v) is 5.24. The van der Waals surface area contributed by atoms with Crippen LogP contribution in [-0.2, 0) is 16.1 Å². The van der Waals surface area contributed by atoms with E-state index in [-0.39, 0.29) is 5.56 Å². The molecule has 1 aromatic carbocycles. The third-order valence-electron chi connectivity index (χ3n) is 5.24. The van der Waals surface area contributed by atoms with E-state index in [4.69, 9.17) is 4.74 Å². The molecule has 0 bridgehead atoms. The van der Waals surface area contributed by atoms with Crippen molar-refractivity contribution in [1.82, 2.24) is 9.55 Å². The number of pyridine rings is 2. The predicted molar refractivity (Wildman–Crippen MR) is 125 cm³/mol. The first kappa shape index (κ1) is 23.0. The number of benzene rings is 1. The quantitative estimate of drug-likeness (QED) is 0.544. The highest BCUT2D eigenvalue weighted by Gasteiger charge is 2.18. The number of carbonyl (C=O) groups is 2. The maximum atomic E-state index is 12.8. The van der Waals surface area contributed by atoms with E-state index in [1.54, 1.807) is 28.8 Å². The molecule has 0 unspecified atom stereocenters. The zero-order valence-corrected chi connectivity index (χ0v) is 18.8. The van der Waals surface area contributed by atoms with Gasteiger partial charge in [-0.2, -0.15) is 0 Å². The fraction of sp³-hybridized carbons (Fsp3) is 0.333. The van der Waals surface area contributed by atoms with Crippen molar-refractivity contribution in [3.05, 3.63) is 64.1 Å². The van der Waals surface area contributed by atoms with Gasteiger partial charge in [-0.15, -0.1) is 0 Å². The molecule has 0 atom stereocenters. The average molecular weight is 437 g/mol. The first-order valence-electron chi connectivity index (χ1n) is 10.7. The normalized spacial score (nSPS) is 10.8. The minimum atomic E-state index is -0.841. The molecule has 1 N–H and O–H groups in total. The summed E-state index contributed by atoms with van der Waals surface area (Å²) in [5.41, 5.74) is 2.36. The molecule has 0 spiro atoms. The summed E-state index contributed by atoms with van der Waals surface area (Å²) < 4.78 is 6.84. The van der Waals surface area contributed by atoms with Crippen LogP contribution in [0.1, 0.15) is 36.8 Å². The number of ether oxygens (including phenoxy) is 1. The summed E-state index contributed by atoms with van der Waals surface area (Å²) >= 11 is 0. The molecule has 32 heavy (non-hydrogen) atoms. The molecule has 0 saturated carbocycles. The van der Waals surface area contributed by atoms with Gasteiger partial charge in [-0.25, -0.2) is 9.78 Å². The first-order chi connectivity index (χ1) is 15.4. The van der Waals surface area contributed by atoms with Gasteiger partial charge in [0, 0.05) is 42.9 Å². The topological polar surface area (TPSA) is 93.5 Å². The van der Waals surface area contributed by atoms with E-state index in [1.165, 1.54) is 6.20 Å². The average Bonchev–Trinajstić information content (AvgIpc) is 2.79. The molecule has 0 aliphatic heterocycles. The molecular weight excluding hydrogens is 408 g/mol. The Morgan fingerprint density at radius 3 is 2.38 bits per heavy atom. The molecule has 168 valence electrons. The molecule has 3 aromatic rings. The van der Waals surface area contributed by atoms with E-state index in [9.17, 15) is 14.4 Å². The lowest BCUT2D eigenvalue weighted by Crippen LogP contribution is -2.25. The van der Waals surface area contributed by atoms with Crippen LogP contribution in [0.25, 0.3) is 11.0 Å². The van der Waals surface area contributed by atoms with Crippen LogP contribution in [0.15, 0.2) is 47.4 Å². The van der Waals surface area contributed by atoms with Crippen LogP contribution >= 0.6 is 0 Å². The first-order valence-corrected chi connectivity index (χ1v) is 10.7. The fourth-order valence-electron chi connectivity index (χ4n) is 3.50. The van der Waals surface area contributed by atoms with Crippen LogP contribution < -0.4 is 15.6 Å². The standard InChI is InChI=1S/C24H28N4O4/c1-5-27(6-2)18-11-9-17(10-12-18)26-21(29)15-32-24(31)20-14-28(7-3)23-19(22(20)30)13-8-16(4)25-23/h8-14H,5-7,15H2,1-4H3,(H,26,29). The van der Waals surface area contributed by atoms with Crippen molar-refractivity contribution in [1.29, 1.82) is 0 Å². The van der Waals surface area contributed by atoms with Crippen molar-refractivity contribution >= 4 is 34.3 Å². The Labute approximate surface area is 186 Å². The number of nitrogens with one attached hydrogen (secondary N) is 1. The highest BCUT2D eigenvalue weighted by Crippen LogP contribution is 2.17. The lowest BCUT2D eigenvalue weighted by Gasteiger charge is -2.21. The Bertz CT molecular complexity index is 1180. The van der Waals surface area contributed by atoms with Crippen LogP contribution in [0, 0.1) is 6.92 Å². The molecule has 2 heterocycles. The summed E-state index contributed by atoms with van der Waals surface area (Å²) in [4.78, 5) is 44.1. The van der Waals surface area contributed by atoms with E-state index in [1.807, 2.05) is 26.0 Å². The van der Waals surface area contributed by atoms with Crippen molar-refractivity contribution in [3.63, 3.8) is 0 Å². The number of esters is 1. The minimum Gasteiger partial charge on any atom is -0.452 e. The van der Waals surface area contributed by atoms with Gasteiger partial charge in [0.25, 0.3) is 5.91 Å². The van der Waals surface area contributed by atoms with Crippen LogP contribution in [-0.4, -0.2) is 41.1 Å². The van der Waals surface area contributed by atoms with Crippen LogP contribution in [0.5, 0.6) is 0 Å². The second-order valence-electron chi connectivity index (χ2n) is 7.33. The number of aromatic nitrogens is 2. The maximum absolute atomic E-state index is 12.8. The number of hydrogen-bond acceptors (Lipinski definition) is 6. The number of fused-ring (bicyclic) bond motifs is 1. The number of rotatable bonds is 8. The number of anilines is 2. The van der Waals surface area contributed by atoms with Crippen molar-refractivity contribution in [2.24, 2.45) is 0 Å². The van der Waals surface area contributed by atoms with Gasteiger partial charge in [0.05, 0.1) is 5.39 Å². The Hall–Kier alpha value is -3.68. The molecule has 1 amide bonds. The summed E-state index contributed by atoms with van der Waals surface area (Å²) in [5, 5.41) is 3.03. The van der Waals surface area contributed by atoms with E-state index < -0.39 is 23.9 Å². The van der Waals surface area contributed by atoms with Crippen LogP contribution in [0.3, 0.4) is 0 Å². The second-order valence-corrected chi connectivity index (χ2v) is 7.33. The van der Waals surface area contributed by atoms with Gasteiger partial charge < -0.3 is 19.5 Å². The molecule has 0 aliphatic carbocycles. The van der Waals surface area contributed by atoms with Crippen molar-refractivity contribution in [2.75, 3.05) is 29.9 Å². The largest absolute Gasteiger partial charge is 0.452 e. The number of nitrogens with zero attached hydrogens (tertiary/aromatic N) is 3. The van der Waals surface area contributed by atoms with Gasteiger partial charge in [-0.05, 0) is 64.1 Å². The van der Waals surface area contributed by atoms with E-state index in [2.05, 4.69) is 29.0 Å². The van der Waals surface area contributed by atoms with Gasteiger partial charge in [0.1, 0.15) is 11.2 Å². The molecule has 0 radical (unpaired) electrons. The summed E-state index contributed by atoms with van der Waals surface area (Å²) in [5.74, 6) is -1.32. The van der Waals surface area contributed by atoms with E-state index in [0.717, 1.165) is 24.5 Å². The monoisotopic (exact) mass is 436 g/mol. The van der Waals surface area contributed by atoms with E-state index in [0.29, 0.717) is 23.3 Å².